The maximum absolute atomic E-state index is 12.4. The molecule has 0 radical (unpaired) electrons. The van der Waals surface area contributed by atoms with Gasteiger partial charge in [-0.25, -0.2) is 9.97 Å². The van der Waals surface area contributed by atoms with Crippen LogP contribution < -0.4 is 5.32 Å². The van der Waals surface area contributed by atoms with Gasteiger partial charge < -0.3 is 10.1 Å². The van der Waals surface area contributed by atoms with Gasteiger partial charge in [0.15, 0.2) is 0 Å². The van der Waals surface area contributed by atoms with Gasteiger partial charge in [-0.3, -0.25) is 9.69 Å². The zero-order chi connectivity index (χ0) is 21.1. The Kier molecular flexibility index (Phi) is 6.81. The number of morpholine rings is 1. The van der Waals surface area contributed by atoms with Gasteiger partial charge in [0.05, 0.1) is 25.5 Å². The molecule has 2 aromatic rings. The summed E-state index contributed by atoms with van der Waals surface area (Å²) in [5.74, 6) is -0.0758. The van der Waals surface area contributed by atoms with Gasteiger partial charge >= 0.3 is 6.18 Å². The molecule has 164 valence electrons. The lowest BCUT2D eigenvalue weighted by atomic mass is 9.97. The van der Waals surface area contributed by atoms with Crippen molar-refractivity contribution in [3.8, 4) is 0 Å². The Bertz CT molecular complexity index is 913. The van der Waals surface area contributed by atoms with Gasteiger partial charge in [0, 0.05) is 23.4 Å². The molecule has 1 aliphatic heterocycles. The van der Waals surface area contributed by atoms with Crippen molar-refractivity contribution in [2.75, 3.05) is 38.6 Å². The molecule has 1 fully saturated rings. The van der Waals surface area contributed by atoms with E-state index in [9.17, 15) is 18.0 Å². The molecule has 1 saturated heterocycles. The highest BCUT2D eigenvalue weighted by Gasteiger charge is 2.28. The third kappa shape index (κ3) is 5.43. The third-order valence-electron chi connectivity index (χ3n) is 5.12. The van der Waals surface area contributed by atoms with Crippen LogP contribution in [0.25, 0.3) is 10.2 Å². The molecular formula is C19H23F3N4O2S2. The first-order chi connectivity index (χ1) is 14.4. The summed E-state index contributed by atoms with van der Waals surface area (Å²) in [6, 6.07) is 0. The number of ether oxygens (including phenoxy) is 1. The normalized spacial score (nSPS) is 17.8. The number of aryl methyl sites for hydroxylation is 2. The topological polar surface area (TPSA) is 67.4 Å². The van der Waals surface area contributed by atoms with Crippen molar-refractivity contribution < 1.29 is 22.7 Å². The fraction of sp³-hybridized carbons (Fsp3) is 0.632. The van der Waals surface area contributed by atoms with E-state index in [1.807, 2.05) is 5.32 Å². The van der Waals surface area contributed by atoms with E-state index in [-0.39, 0.29) is 5.75 Å². The molecule has 0 saturated carbocycles. The number of hydrogen-bond donors (Lipinski definition) is 1. The Morgan fingerprint density at radius 3 is 2.73 bits per heavy atom. The molecule has 11 heteroatoms. The summed E-state index contributed by atoms with van der Waals surface area (Å²) in [5.41, 5.74) is 1.25. The highest BCUT2D eigenvalue weighted by molar-refractivity contribution is 8.00. The average molecular weight is 461 g/mol. The van der Waals surface area contributed by atoms with E-state index >= 15 is 0 Å². The number of aromatic nitrogens is 2. The molecule has 1 N–H and O–H groups in total. The first kappa shape index (κ1) is 21.8. The molecule has 6 nitrogen and oxygen atoms in total. The van der Waals surface area contributed by atoms with Crippen LogP contribution in [0, 0.1) is 0 Å². The van der Waals surface area contributed by atoms with E-state index in [1.54, 1.807) is 11.3 Å². The van der Waals surface area contributed by atoms with Gasteiger partial charge in [0.2, 0.25) is 5.91 Å². The summed E-state index contributed by atoms with van der Waals surface area (Å²) in [4.78, 5) is 25.9. The van der Waals surface area contributed by atoms with Crippen LogP contribution in [0.2, 0.25) is 0 Å². The minimum atomic E-state index is -4.42. The number of carbonyl (C=O) groups is 1. The van der Waals surface area contributed by atoms with E-state index in [4.69, 9.17) is 14.7 Å². The quantitative estimate of drug-likeness (QED) is 0.528. The molecule has 30 heavy (non-hydrogen) atoms. The number of nitrogens with zero attached hydrogens (tertiary/aromatic N) is 3. The monoisotopic (exact) mass is 460 g/mol. The molecule has 4 rings (SSSR count). The summed E-state index contributed by atoms with van der Waals surface area (Å²) in [6.45, 7) is 2.25. The number of fused-ring (bicyclic) bond motifs is 3. The van der Waals surface area contributed by atoms with Crippen LogP contribution in [0.3, 0.4) is 0 Å². The van der Waals surface area contributed by atoms with Gasteiger partial charge in [-0.05, 0) is 31.2 Å². The van der Waals surface area contributed by atoms with Crippen molar-refractivity contribution in [1.82, 2.24) is 20.2 Å². The Morgan fingerprint density at radius 2 is 1.97 bits per heavy atom. The lowest BCUT2D eigenvalue weighted by Crippen LogP contribution is -2.36. The molecule has 0 bridgehead atoms. The molecule has 3 heterocycles. The highest BCUT2D eigenvalue weighted by Crippen LogP contribution is 2.39. The molecule has 0 aromatic carbocycles. The number of hydrogen-bond acceptors (Lipinski definition) is 7. The standard InChI is InChI=1S/C19H23F3N4O2S2/c20-19(21,22)11-23-15(27)10-29-17-16-12-3-1-2-4-13(12)30-18(16)25-14(24-17)9-26-5-7-28-8-6-26/h1-11H2,(H,23,27). The Hall–Kier alpha value is -1.43. The zero-order valence-electron chi connectivity index (χ0n) is 16.4. The lowest BCUT2D eigenvalue weighted by Gasteiger charge is -2.25. The van der Waals surface area contributed by atoms with E-state index in [0.29, 0.717) is 30.6 Å². The maximum atomic E-state index is 12.4. The molecular weight excluding hydrogens is 437 g/mol. The van der Waals surface area contributed by atoms with Gasteiger partial charge in [-0.2, -0.15) is 13.2 Å². The molecule has 0 unspecified atom stereocenters. The summed E-state index contributed by atoms with van der Waals surface area (Å²) in [5, 5.41) is 3.61. The molecule has 2 aliphatic rings. The fourth-order valence-corrected chi connectivity index (χ4v) is 5.93. The largest absolute Gasteiger partial charge is 0.405 e. The summed E-state index contributed by atoms with van der Waals surface area (Å²) in [7, 11) is 0. The lowest BCUT2D eigenvalue weighted by molar-refractivity contribution is -0.136. The Balaban J connectivity index is 1.56. The minimum Gasteiger partial charge on any atom is -0.379 e. The van der Waals surface area contributed by atoms with Gasteiger partial charge in [-0.15, -0.1) is 11.3 Å². The van der Waals surface area contributed by atoms with Gasteiger partial charge in [0.1, 0.15) is 22.2 Å². The van der Waals surface area contributed by atoms with E-state index in [2.05, 4.69) is 4.90 Å². The molecule has 1 amide bonds. The second-order valence-corrected chi connectivity index (χ2v) is 9.45. The van der Waals surface area contributed by atoms with E-state index in [1.165, 1.54) is 22.2 Å². The van der Waals surface area contributed by atoms with Crippen LogP contribution in [0.15, 0.2) is 5.03 Å². The van der Waals surface area contributed by atoms with Gasteiger partial charge in [-0.1, -0.05) is 11.8 Å². The van der Waals surface area contributed by atoms with Crippen LogP contribution in [-0.4, -0.2) is 65.6 Å². The predicted molar refractivity (Wildman–Crippen MR) is 110 cm³/mol. The second kappa shape index (κ2) is 9.37. The number of carbonyl (C=O) groups excluding carboxylic acids is 1. The number of thiophene rings is 1. The number of amides is 1. The molecule has 0 spiro atoms. The number of halogens is 3. The second-order valence-electron chi connectivity index (χ2n) is 7.41. The molecule has 2 aromatic heterocycles. The van der Waals surface area contributed by atoms with Crippen LogP contribution in [0.4, 0.5) is 13.2 Å². The number of thioether (sulfide) groups is 1. The fourth-order valence-electron chi connectivity index (χ4n) is 3.68. The first-order valence-electron chi connectivity index (χ1n) is 9.96. The summed E-state index contributed by atoms with van der Waals surface area (Å²) < 4.78 is 42.5. The van der Waals surface area contributed by atoms with Crippen LogP contribution in [0.1, 0.15) is 29.1 Å². The number of rotatable bonds is 6. The van der Waals surface area contributed by atoms with E-state index in [0.717, 1.165) is 49.0 Å². The van der Waals surface area contributed by atoms with Crippen molar-refractivity contribution >= 4 is 39.2 Å². The Morgan fingerprint density at radius 1 is 1.20 bits per heavy atom. The SMILES string of the molecule is O=C(CSc1nc(CN2CCOCC2)nc2sc3c(c12)CCCC3)NCC(F)(F)F. The summed E-state index contributed by atoms with van der Waals surface area (Å²) in [6.07, 6.45) is -0.193. The van der Waals surface area contributed by atoms with Gasteiger partial charge in [0.25, 0.3) is 0 Å². The van der Waals surface area contributed by atoms with Crippen LogP contribution in [0.5, 0.6) is 0 Å². The van der Waals surface area contributed by atoms with Crippen molar-refractivity contribution in [3.63, 3.8) is 0 Å². The van der Waals surface area contributed by atoms with Crippen molar-refractivity contribution in [2.24, 2.45) is 0 Å². The van der Waals surface area contributed by atoms with Crippen LogP contribution >= 0.6 is 23.1 Å². The Labute approximate surface area is 180 Å². The number of alkyl halides is 3. The zero-order valence-corrected chi connectivity index (χ0v) is 18.0. The maximum Gasteiger partial charge on any atom is 0.405 e. The smallest absolute Gasteiger partial charge is 0.379 e. The highest BCUT2D eigenvalue weighted by atomic mass is 32.2. The van der Waals surface area contributed by atoms with E-state index < -0.39 is 18.6 Å². The molecule has 1 aliphatic carbocycles. The predicted octanol–water partition coefficient (Wildman–Crippen LogP) is 3.17. The first-order valence-corrected chi connectivity index (χ1v) is 11.8. The third-order valence-corrected chi connectivity index (χ3v) is 7.28. The summed E-state index contributed by atoms with van der Waals surface area (Å²) >= 11 is 2.88. The van der Waals surface area contributed by atoms with Crippen molar-refractivity contribution in [3.05, 3.63) is 16.3 Å². The average Bonchev–Trinajstić information content (AvgIpc) is 3.09. The van der Waals surface area contributed by atoms with Crippen LogP contribution in [-0.2, 0) is 28.9 Å². The molecule has 0 atom stereocenters. The minimum absolute atomic E-state index is 0.107. The van der Waals surface area contributed by atoms with Crippen molar-refractivity contribution in [2.45, 2.75) is 43.4 Å². The number of nitrogens with one attached hydrogen (secondary N) is 1. The van der Waals surface area contributed by atoms with Crippen molar-refractivity contribution in [1.29, 1.82) is 0 Å².